The molecular formula is C19H25BrN2O3. The van der Waals surface area contributed by atoms with E-state index in [0.29, 0.717) is 13.2 Å². The van der Waals surface area contributed by atoms with Gasteiger partial charge in [0.05, 0.1) is 13.2 Å². The maximum absolute atomic E-state index is 11.1. The molecule has 2 aromatic rings. The largest absolute Gasteiger partial charge is 0.493 e. The first-order valence-electron chi connectivity index (χ1n) is 8.47. The summed E-state index contributed by atoms with van der Waals surface area (Å²) in [6.45, 7) is 9.53. The van der Waals surface area contributed by atoms with Gasteiger partial charge in [-0.2, -0.15) is 5.10 Å². The fourth-order valence-corrected chi connectivity index (χ4v) is 2.86. The van der Waals surface area contributed by atoms with E-state index in [2.05, 4.69) is 41.8 Å². The van der Waals surface area contributed by atoms with Gasteiger partial charge in [0.1, 0.15) is 5.75 Å². The van der Waals surface area contributed by atoms with E-state index in [4.69, 9.17) is 9.84 Å². The highest BCUT2D eigenvalue weighted by atomic mass is 79.9. The summed E-state index contributed by atoms with van der Waals surface area (Å²) >= 11 is 3.50. The third-order valence-electron chi connectivity index (χ3n) is 4.83. The van der Waals surface area contributed by atoms with Crippen molar-refractivity contribution in [2.24, 2.45) is 5.41 Å². The zero-order chi connectivity index (χ0) is 18.6. The topological polar surface area (TPSA) is 64.4 Å². The standard InChI is InChI=1S/C19H25BrN2O3/c1-5-19(4,6-2)12-25-17-8-7-15(20)10-14(17)11-22-13(3)9-16(21-22)18(23)24/h7-10H,5-6,11-12H2,1-4H3,(H,23,24). The third-order valence-corrected chi connectivity index (χ3v) is 5.32. The van der Waals surface area contributed by atoms with Crippen LogP contribution >= 0.6 is 15.9 Å². The lowest BCUT2D eigenvalue weighted by molar-refractivity contribution is 0.0689. The molecule has 1 aromatic carbocycles. The number of carboxylic acid groups (broad SMARTS) is 1. The van der Waals surface area contributed by atoms with E-state index in [1.807, 2.05) is 25.1 Å². The van der Waals surface area contributed by atoms with Gasteiger partial charge >= 0.3 is 5.97 Å². The molecule has 0 aliphatic carbocycles. The van der Waals surface area contributed by atoms with Crippen LogP contribution in [0.4, 0.5) is 0 Å². The normalized spacial score (nSPS) is 11.6. The van der Waals surface area contributed by atoms with Crippen LogP contribution in [0, 0.1) is 12.3 Å². The van der Waals surface area contributed by atoms with Gasteiger partial charge in [0.25, 0.3) is 0 Å². The minimum atomic E-state index is -1.02. The maximum Gasteiger partial charge on any atom is 0.356 e. The van der Waals surface area contributed by atoms with Gasteiger partial charge in [-0.3, -0.25) is 4.68 Å². The SMILES string of the molecule is CCC(C)(CC)COc1ccc(Br)cc1Cn1nc(C(=O)O)cc1C. The zero-order valence-electron chi connectivity index (χ0n) is 15.2. The molecule has 2 rings (SSSR count). The number of carbonyl (C=O) groups is 1. The van der Waals surface area contributed by atoms with Gasteiger partial charge in [0.15, 0.2) is 5.69 Å². The summed E-state index contributed by atoms with van der Waals surface area (Å²) in [5.41, 5.74) is 1.96. The molecule has 0 saturated carbocycles. The van der Waals surface area contributed by atoms with Gasteiger partial charge in [0.2, 0.25) is 0 Å². The van der Waals surface area contributed by atoms with Crippen molar-refractivity contribution in [3.63, 3.8) is 0 Å². The summed E-state index contributed by atoms with van der Waals surface area (Å²) in [6.07, 6.45) is 2.10. The fourth-order valence-electron chi connectivity index (χ4n) is 2.45. The number of carboxylic acids is 1. The Hall–Kier alpha value is -1.82. The smallest absolute Gasteiger partial charge is 0.356 e. The summed E-state index contributed by atoms with van der Waals surface area (Å²) in [5, 5.41) is 13.3. The number of aromatic nitrogens is 2. The van der Waals surface area contributed by atoms with Crippen molar-refractivity contribution in [2.75, 3.05) is 6.61 Å². The van der Waals surface area contributed by atoms with Crippen LogP contribution in [0.15, 0.2) is 28.7 Å². The summed E-state index contributed by atoms with van der Waals surface area (Å²) < 4.78 is 8.77. The van der Waals surface area contributed by atoms with Crippen LogP contribution in [-0.4, -0.2) is 27.5 Å². The number of benzene rings is 1. The van der Waals surface area contributed by atoms with Crippen molar-refractivity contribution in [3.8, 4) is 5.75 Å². The molecule has 1 N–H and O–H groups in total. The second-order valence-corrected chi connectivity index (χ2v) is 7.61. The first kappa shape index (κ1) is 19.5. The molecule has 0 bridgehead atoms. The van der Waals surface area contributed by atoms with Gasteiger partial charge < -0.3 is 9.84 Å². The van der Waals surface area contributed by atoms with Crippen LogP contribution in [0.25, 0.3) is 0 Å². The summed E-state index contributed by atoms with van der Waals surface area (Å²) in [7, 11) is 0. The van der Waals surface area contributed by atoms with Crippen LogP contribution in [0.2, 0.25) is 0 Å². The Kier molecular flexibility index (Phi) is 6.27. The van der Waals surface area contributed by atoms with Gasteiger partial charge in [-0.05, 0) is 44.0 Å². The average molecular weight is 409 g/mol. The predicted octanol–water partition coefficient (Wildman–Crippen LogP) is 4.91. The lowest BCUT2D eigenvalue weighted by Crippen LogP contribution is -2.23. The second kappa shape index (κ2) is 8.04. The molecular weight excluding hydrogens is 384 g/mol. The zero-order valence-corrected chi connectivity index (χ0v) is 16.8. The Balaban J connectivity index is 2.25. The van der Waals surface area contributed by atoms with Crippen LogP contribution < -0.4 is 4.74 Å². The summed E-state index contributed by atoms with van der Waals surface area (Å²) in [4.78, 5) is 11.1. The molecule has 0 amide bonds. The molecule has 25 heavy (non-hydrogen) atoms. The highest BCUT2D eigenvalue weighted by Gasteiger charge is 2.21. The molecule has 0 aliphatic heterocycles. The van der Waals surface area contributed by atoms with Crippen LogP contribution in [-0.2, 0) is 6.54 Å². The molecule has 1 heterocycles. The van der Waals surface area contributed by atoms with Gasteiger partial charge in [-0.1, -0.05) is 36.7 Å². The average Bonchev–Trinajstić information content (AvgIpc) is 2.95. The Morgan fingerprint density at radius 1 is 1.32 bits per heavy atom. The molecule has 5 nitrogen and oxygen atoms in total. The van der Waals surface area contributed by atoms with Gasteiger partial charge in [-0.25, -0.2) is 4.79 Å². The number of hydrogen-bond acceptors (Lipinski definition) is 3. The molecule has 0 spiro atoms. The monoisotopic (exact) mass is 408 g/mol. The molecule has 0 unspecified atom stereocenters. The number of halogens is 1. The number of ether oxygens (including phenoxy) is 1. The number of rotatable bonds is 8. The second-order valence-electron chi connectivity index (χ2n) is 6.69. The maximum atomic E-state index is 11.1. The molecule has 6 heteroatoms. The Morgan fingerprint density at radius 2 is 2.00 bits per heavy atom. The molecule has 0 atom stereocenters. The molecule has 136 valence electrons. The molecule has 0 aliphatic rings. The molecule has 0 saturated heterocycles. The first-order valence-corrected chi connectivity index (χ1v) is 9.26. The minimum Gasteiger partial charge on any atom is -0.493 e. The number of aryl methyl sites for hydroxylation is 1. The van der Waals surface area contributed by atoms with Crippen LogP contribution in [0.3, 0.4) is 0 Å². The van der Waals surface area contributed by atoms with E-state index in [0.717, 1.165) is 34.3 Å². The minimum absolute atomic E-state index is 0.0551. The van der Waals surface area contributed by atoms with E-state index >= 15 is 0 Å². The highest BCUT2D eigenvalue weighted by Crippen LogP contribution is 2.30. The number of nitrogens with zero attached hydrogens (tertiary/aromatic N) is 2. The van der Waals surface area contributed by atoms with E-state index in [1.165, 1.54) is 0 Å². The Bertz CT molecular complexity index is 751. The summed E-state index contributed by atoms with van der Waals surface area (Å²) in [5.74, 6) is -0.211. The molecule has 1 aromatic heterocycles. The van der Waals surface area contributed by atoms with Crippen molar-refractivity contribution in [3.05, 3.63) is 45.7 Å². The van der Waals surface area contributed by atoms with Crippen LogP contribution in [0.5, 0.6) is 5.75 Å². The van der Waals surface area contributed by atoms with E-state index < -0.39 is 5.97 Å². The van der Waals surface area contributed by atoms with Crippen molar-refractivity contribution in [2.45, 2.75) is 47.1 Å². The first-order chi connectivity index (χ1) is 11.8. The van der Waals surface area contributed by atoms with Crippen molar-refractivity contribution in [1.29, 1.82) is 0 Å². The highest BCUT2D eigenvalue weighted by molar-refractivity contribution is 9.10. The molecule has 0 radical (unpaired) electrons. The quantitative estimate of drug-likeness (QED) is 0.673. The number of hydrogen-bond donors (Lipinski definition) is 1. The van der Waals surface area contributed by atoms with Gasteiger partial charge in [-0.15, -0.1) is 0 Å². The fraction of sp³-hybridized carbons (Fsp3) is 0.474. The lowest BCUT2D eigenvalue weighted by atomic mass is 9.86. The lowest BCUT2D eigenvalue weighted by Gasteiger charge is -2.27. The van der Waals surface area contributed by atoms with E-state index in [9.17, 15) is 4.79 Å². The van der Waals surface area contributed by atoms with E-state index in [1.54, 1.807) is 10.7 Å². The van der Waals surface area contributed by atoms with Crippen molar-refractivity contribution >= 4 is 21.9 Å². The number of aromatic carboxylic acids is 1. The van der Waals surface area contributed by atoms with E-state index in [-0.39, 0.29) is 11.1 Å². The van der Waals surface area contributed by atoms with Crippen molar-refractivity contribution in [1.82, 2.24) is 9.78 Å². The predicted molar refractivity (Wildman–Crippen MR) is 101 cm³/mol. The Morgan fingerprint density at radius 3 is 2.56 bits per heavy atom. The van der Waals surface area contributed by atoms with Gasteiger partial charge in [0, 0.05) is 21.1 Å². The third kappa shape index (κ3) is 4.84. The van der Waals surface area contributed by atoms with Crippen LogP contribution in [0.1, 0.15) is 55.4 Å². The Labute approximate surface area is 157 Å². The summed E-state index contributed by atoms with van der Waals surface area (Å²) in [6, 6.07) is 7.47. The molecule has 0 fully saturated rings. The van der Waals surface area contributed by atoms with Crippen molar-refractivity contribution < 1.29 is 14.6 Å².